The van der Waals surface area contributed by atoms with E-state index in [1.807, 2.05) is 0 Å². The first kappa shape index (κ1) is 13.3. The topological polar surface area (TPSA) is 58.6 Å². The highest BCUT2D eigenvalue weighted by atomic mass is 79.9. The molecule has 1 aliphatic heterocycles. The highest BCUT2D eigenvalue weighted by Crippen LogP contribution is 2.34. The SMILES string of the molecule is COc1cc(F)c(C2CC(C(=O)O)CN2)cc1Br. The summed E-state index contributed by atoms with van der Waals surface area (Å²) in [6.45, 7) is 0.364. The quantitative estimate of drug-likeness (QED) is 0.898. The van der Waals surface area contributed by atoms with E-state index in [0.717, 1.165) is 0 Å². The predicted molar refractivity (Wildman–Crippen MR) is 67.1 cm³/mol. The lowest BCUT2D eigenvalue weighted by molar-refractivity contribution is -0.141. The van der Waals surface area contributed by atoms with Crippen LogP contribution in [0.5, 0.6) is 5.75 Å². The second kappa shape index (κ2) is 5.24. The average molecular weight is 318 g/mol. The summed E-state index contributed by atoms with van der Waals surface area (Å²) in [7, 11) is 1.47. The molecule has 1 aromatic rings. The molecule has 2 atom stereocenters. The normalized spacial score (nSPS) is 23.1. The van der Waals surface area contributed by atoms with Crippen LogP contribution in [0.15, 0.2) is 16.6 Å². The second-order valence-electron chi connectivity index (χ2n) is 4.24. The van der Waals surface area contributed by atoms with Gasteiger partial charge in [0.1, 0.15) is 11.6 Å². The molecule has 6 heteroatoms. The number of halogens is 2. The lowest BCUT2D eigenvalue weighted by Crippen LogP contribution is -2.17. The van der Waals surface area contributed by atoms with Gasteiger partial charge in [0.15, 0.2) is 0 Å². The Balaban J connectivity index is 2.25. The number of carbonyl (C=O) groups is 1. The molecule has 4 nitrogen and oxygen atoms in total. The molecule has 1 saturated heterocycles. The maximum atomic E-state index is 13.9. The van der Waals surface area contributed by atoms with E-state index >= 15 is 0 Å². The van der Waals surface area contributed by atoms with Gasteiger partial charge >= 0.3 is 5.97 Å². The van der Waals surface area contributed by atoms with Gasteiger partial charge in [-0.05, 0) is 28.4 Å². The number of benzene rings is 1. The van der Waals surface area contributed by atoms with Crippen molar-refractivity contribution in [1.29, 1.82) is 0 Å². The fourth-order valence-electron chi connectivity index (χ4n) is 2.13. The van der Waals surface area contributed by atoms with Gasteiger partial charge < -0.3 is 15.2 Å². The van der Waals surface area contributed by atoms with Gasteiger partial charge in [0.05, 0.1) is 17.5 Å². The molecule has 98 valence electrons. The number of aliphatic carboxylic acids is 1. The third-order valence-corrected chi connectivity index (χ3v) is 3.75. The predicted octanol–water partition coefficient (Wildman–Crippen LogP) is 2.33. The van der Waals surface area contributed by atoms with Crippen molar-refractivity contribution in [3.8, 4) is 5.75 Å². The van der Waals surface area contributed by atoms with Crippen LogP contribution in [0.2, 0.25) is 0 Å². The fraction of sp³-hybridized carbons (Fsp3) is 0.417. The zero-order chi connectivity index (χ0) is 13.3. The molecule has 0 bridgehead atoms. The summed E-state index contributed by atoms with van der Waals surface area (Å²) in [4.78, 5) is 10.9. The van der Waals surface area contributed by atoms with Gasteiger partial charge in [-0.2, -0.15) is 0 Å². The Morgan fingerprint density at radius 2 is 2.33 bits per heavy atom. The van der Waals surface area contributed by atoms with Gasteiger partial charge in [-0.1, -0.05) is 0 Å². The van der Waals surface area contributed by atoms with Crippen molar-refractivity contribution < 1.29 is 19.0 Å². The molecule has 18 heavy (non-hydrogen) atoms. The minimum absolute atomic E-state index is 0.270. The van der Waals surface area contributed by atoms with Crippen LogP contribution in [0.4, 0.5) is 4.39 Å². The number of methoxy groups -OCH3 is 1. The molecule has 1 heterocycles. The van der Waals surface area contributed by atoms with E-state index in [2.05, 4.69) is 21.2 Å². The maximum absolute atomic E-state index is 13.9. The molecule has 0 radical (unpaired) electrons. The molecule has 1 aliphatic rings. The maximum Gasteiger partial charge on any atom is 0.307 e. The fourth-order valence-corrected chi connectivity index (χ4v) is 2.65. The number of hydrogen-bond acceptors (Lipinski definition) is 3. The Kier molecular flexibility index (Phi) is 3.87. The second-order valence-corrected chi connectivity index (χ2v) is 5.09. The van der Waals surface area contributed by atoms with Crippen LogP contribution in [-0.4, -0.2) is 24.7 Å². The standard InChI is InChI=1S/C12H13BrFNO3/c1-18-11-4-9(14)7(3-8(11)13)10-2-6(5-15-10)12(16)17/h3-4,6,10,15H,2,5H2,1H3,(H,16,17). The van der Waals surface area contributed by atoms with Crippen molar-refractivity contribution in [2.75, 3.05) is 13.7 Å². The van der Waals surface area contributed by atoms with E-state index in [-0.39, 0.29) is 6.04 Å². The van der Waals surface area contributed by atoms with E-state index in [4.69, 9.17) is 9.84 Å². The lowest BCUT2D eigenvalue weighted by atomic mass is 9.99. The minimum atomic E-state index is -0.849. The van der Waals surface area contributed by atoms with E-state index in [0.29, 0.717) is 28.8 Å². The number of ether oxygens (including phenoxy) is 1. The summed E-state index contributed by atoms with van der Waals surface area (Å²) < 4.78 is 19.6. The Morgan fingerprint density at radius 3 is 2.89 bits per heavy atom. The van der Waals surface area contributed by atoms with Crippen LogP contribution in [0.1, 0.15) is 18.0 Å². The molecule has 2 N–H and O–H groups in total. The monoisotopic (exact) mass is 317 g/mol. The summed E-state index contributed by atoms with van der Waals surface area (Å²) in [5.41, 5.74) is 0.464. The first-order valence-electron chi connectivity index (χ1n) is 5.52. The Morgan fingerprint density at radius 1 is 1.61 bits per heavy atom. The van der Waals surface area contributed by atoms with Gasteiger partial charge in [0, 0.05) is 24.2 Å². The number of carboxylic acid groups (broad SMARTS) is 1. The number of rotatable bonds is 3. The Labute approximate surface area is 112 Å². The smallest absolute Gasteiger partial charge is 0.307 e. The Hall–Kier alpha value is -1.14. The molecule has 0 spiro atoms. The first-order valence-corrected chi connectivity index (χ1v) is 6.31. The van der Waals surface area contributed by atoms with Crippen molar-refractivity contribution in [3.63, 3.8) is 0 Å². The highest BCUT2D eigenvalue weighted by Gasteiger charge is 2.31. The van der Waals surface area contributed by atoms with Crippen LogP contribution < -0.4 is 10.1 Å². The molecule has 0 aliphatic carbocycles. The molecule has 1 fully saturated rings. The summed E-state index contributed by atoms with van der Waals surface area (Å²) in [5, 5.41) is 11.9. The van der Waals surface area contributed by atoms with Gasteiger partial charge in [0.25, 0.3) is 0 Å². The van der Waals surface area contributed by atoms with Crippen LogP contribution in [-0.2, 0) is 4.79 Å². The first-order chi connectivity index (χ1) is 8.52. The third kappa shape index (κ3) is 2.49. The third-order valence-electron chi connectivity index (χ3n) is 3.13. The van der Waals surface area contributed by atoms with Crippen molar-refractivity contribution in [1.82, 2.24) is 5.32 Å². The van der Waals surface area contributed by atoms with Crippen LogP contribution >= 0.6 is 15.9 Å². The molecule has 0 amide bonds. The number of carboxylic acids is 1. The van der Waals surface area contributed by atoms with Crippen molar-refractivity contribution in [3.05, 3.63) is 28.0 Å². The minimum Gasteiger partial charge on any atom is -0.495 e. The van der Waals surface area contributed by atoms with E-state index in [1.165, 1.54) is 13.2 Å². The van der Waals surface area contributed by atoms with Gasteiger partial charge in [-0.25, -0.2) is 4.39 Å². The number of hydrogen-bond donors (Lipinski definition) is 2. The zero-order valence-electron chi connectivity index (χ0n) is 9.74. The average Bonchev–Trinajstić information content (AvgIpc) is 2.81. The van der Waals surface area contributed by atoms with Gasteiger partial charge in [0.2, 0.25) is 0 Å². The summed E-state index contributed by atoms with van der Waals surface area (Å²) in [6, 6.07) is 2.67. The molecular weight excluding hydrogens is 305 g/mol. The lowest BCUT2D eigenvalue weighted by Gasteiger charge is -2.14. The molecule has 0 aromatic heterocycles. The molecular formula is C12H13BrFNO3. The van der Waals surface area contributed by atoms with E-state index in [9.17, 15) is 9.18 Å². The van der Waals surface area contributed by atoms with Gasteiger partial charge in [-0.15, -0.1) is 0 Å². The summed E-state index contributed by atoms with van der Waals surface area (Å²) in [5.74, 6) is -1.28. The van der Waals surface area contributed by atoms with Gasteiger partial charge in [-0.3, -0.25) is 4.79 Å². The summed E-state index contributed by atoms with van der Waals surface area (Å²) in [6.07, 6.45) is 0.394. The van der Waals surface area contributed by atoms with Crippen molar-refractivity contribution in [2.45, 2.75) is 12.5 Å². The molecule has 2 unspecified atom stereocenters. The van der Waals surface area contributed by atoms with Crippen molar-refractivity contribution in [2.24, 2.45) is 5.92 Å². The van der Waals surface area contributed by atoms with Crippen LogP contribution in [0.25, 0.3) is 0 Å². The molecule has 0 saturated carbocycles. The van der Waals surface area contributed by atoms with E-state index < -0.39 is 17.7 Å². The highest BCUT2D eigenvalue weighted by molar-refractivity contribution is 9.10. The number of nitrogens with one attached hydrogen (secondary N) is 1. The summed E-state index contributed by atoms with van der Waals surface area (Å²) >= 11 is 3.30. The van der Waals surface area contributed by atoms with Crippen molar-refractivity contribution >= 4 is 21.9 Å². The zero-order valence-corrected chi connectivity index (χ0v) is 11.3. The van der Waals surface area contributed by atoms with Crippen LogP contribution in [0.3, 0.4) is 0 Å². The molecule has 1 aromatic carbocycles. The van der Waals surface area contributed by atoms with E-state index in [1.54, 1.807) is 6.07 Å². The largest absolute Gasteiger partial charge is 0.495 e. The van der Waals surface area contributed by atoms with Crippen LogP contribution in [0, 0.1) is 11.7 Å². The Bertz CT molecular complexity index is 481. The molecule has 2 rings (SSSR count).